The largest absolute Gasteiger partial charge is 0.493 e. The number of carbonyl (C=O) groups excluding carboxylic acids is 1. The number of halogens is 2. The van der Waals surface area contributed by atoms with Gasteiger partial charge in [-0.15, -0.1) is 0 Å². The molecule has 104 valence electrons. The third-order valence-electron chi connectivity index (χ3n) is 2.72. The summed E-state index contributed by atoms with van der Waals surface area (Å²) >= 11 is 3.12. The van der Waals surface area contributed by atoms with Gasteiger partial charge < -0.3 is 9.47 Å². The molecule has 0 atom stereocenters. The molecule has 2 rings (SSSR count). The number of rotatable bonds is 5. The molecule has 0 aliphatic rings. The van der Waals surface area contributed by atoms with Gasteiger partial charge in [0.25, 0.3) is 0 Å². The van der Waals surface area contributed by atoms with Gasteiger partial charge in [0.05, 0.1) is 17.1 Å². The Hall–Kier alpha value is -1.88. The van der Waals surface area contributed by atoms with Crippen molar-refractivity contribution in [3.05, 3.63) is 57.8 Å². The maximum absolute atomic E-state index is 13.1. The quantitative estimate of drug-likeness (QED) is 0.773. The van der Waals surface area contributed by atoms with E-state index in [-0.39, 0.29) is 12.4 Å². The molecular formula is C15H12BrFO3. The van der Waals surface area contributed by atoms with Crippen molar-refractivity contribution in [1.82, 2.24) is 0 Å². The average Bonchev–Trinajstić information content (AvgIpc) is 2.48. The van der Waals surface area contributed by atoms with E-state index in [1.807, 2.05) is 0 Å². The molecule has 0 amide bonds. The third-order valence-corrected chi connectivity index (χ3v) is 3.33. The summed E-state index contributed by atoms with van der Waals surface area (Å²) in [6.45, 7) is 0.208. The number of para-hydroxylation sites is 1. The number of methoxy groups -OCH3 is 1. The van der Waals surface area contributed by atoms with Crippen LogP contribution in [0.25, 0.3) is 0 Å². The van der Waals surface area contributed by atoms with Crippen molar-refractivity contribution in [1.29, 1.82) is 0 Å². The maximum Gasteiger partial charge on any atom is 0.172 e. The van der Waals surface area contributed by atoms with Crippen LogP contribution in [0.2, 0.25) is 0 Å². The molecule has 5 heteroatoms. The lowest BCUT2D eigenvalue weighted by molar-refractivity contribution is 0.111. The molecule has 0 saturated heterocycles. The zero-order valence-corrected chi connectivity index (χ0v) is 12.3. The predicted octanol–water partition coefficient (Wildman–Crippen LogP) is 3.99. The minimum atomic E-state index is -0.334. The molecule has 0 aromatic heterocycles. The first kappa shape index (κ1) is 14.5. The highest BCUT2D eigenvalue weighted by Crippen LogP contribution is 2.31. The molecule has 0 N–H and O–H groups in total. The Morgan fingerprint density at radius 2 is 2.10 bits per heavy atom. The fourth-order valence-electron chi connectivity index (χ4n) is 1.73. The van der Waals surface area contributed by atoms with Crippen LogP contribution in [0.3, 0.4) is 0 Å². The van der Waals surface area contributed by atoms with E-state index >= 15 is 0 Å². The minimum Gasteiger partial charge on any atom is -0.493 e. The van der Waals surface area contributed by atoms with Gasteiger partial charge in [-0.2, -0.15) is 0 Å². The molecule has 0 spiro atoms. The summed E-state index contributed by atoms with van der Waals surface area (Å²) in [4.78, 5) is 11.0. The fourth-order valence-corrected chi connectivity index (χ4v) is 2.15. The van der Waals surface area contributed by atoms with Crippen molar-refractivity contribution in [2.45, 2.75) is 6.61 Å². The summed E-state index contributed by atoms with van der Waals surface area (Å²) in [6, 6.07) is 9.67. The van der Waals surface area contributed by atoms with Crippen LogP contribution >= 0.6 is 15.9 Å². The zero-order valence-electron chi connectivity index (χ0n) is 10.7. The molecule has 0 fully saturated rings. The van der Waals surface area contributed by atoms with Crippen LogP contribution in [0.5, 0.6) is 11.5 Å². The maximum atomic E-state index is 13.1. The SMILES string of the molecule is COc1cccc(C=O)c1OCc1ccc(F)c(Br)c1. The lowest BCUT2D eigenvalue weighted by atomic mass is 10.2. The standard InChI is InChI=1S/C15H12BrFO3/c1-19-14-4-2-3-11(8-18)15(14)20-9-10-5-6-13(17)12(16)7-10/h2-8H,9H2,1H3. The van der Waals surface area contributed by atoms with Crippen LogP contribution in [-0.2, 0) is 6.61 Å². The van der Waals surface area contributed by atoms with Gasteiger partial charge in [-0.1, -0.05) is 12.1 Å². The van der Waals surface area contributed by atoms with Gasteiger partial charge in [-0.05, 0) is 45.8 Å². The van der Waals surface area contributed by atoms with Crippen molar-refractivity contribution in [2.24, 2.45) is 0 Å². The summed E-state index contributed by atoms with van der Waals surface area (Å²) in [6.07, 6.45) is 0.707. The van der Waals surface area contributed by atoms with E-state index in [0.29, 0.717) is 27.8 Å². The Morgan fingerprint density at radius 3 is 2.75 bits per heavy atom. The van der Waals surface area contributed by atoms with E-state index in [9.17, 15) is 9.18 Å². The van der Waals surface area contributed by atoms with Gasteiger partial charge in [0.2, 0.25) is 0 Å². The van der Waals surface area contributed by atoms with E-state index in [1.165, 1.54) is 13.2 Å². The normalized spacial score (nSPS) is 10.2. The fraction of sp³-hybridized carbons (Fsp3) is 0.133. The first-order valence-electron chi connectivity index (χ1n) is 5.84. The second kappa shape index (κ2) is 6.52. The molecule has 0 radical (unpaired) electrons. The van der Waals surface area contributed by atoms with E-state index in [2.05, 4.69) is 15.9 Å². The third kappa shape index (κ3) is 3.17. The molecular weight excluding hydrogens is 327 g/mol. The summed E-state index contributed by atoms with van der Waals surface area (Å²) in [7, 11) is 1.51. The molecule has 20 heavy (non-hydrogen) atoms. The Balaban J connectivity index is 2.21. The Morgan fingerprint density at radius 1 is 1.30 bits per heavy atom. The number of hydrogen-bond donors (Lipinski definition) is 0. The molecule has 0 unspecified atom stereocenters. The highest BCUT2D eigenvalue weighted by atomic mass is 79.9. The molecule has 2 aromatic carbocycles. The highest BCUT2D eigenvalue weighted by Gasteiger charge is 2.10. The van der Waals surface area contributed by atoms with Crippen LogP contribution < -0.4 is 9.47 Å². The number of hydrogen-bond acceptors (Lipinski definition) is 3. The topological polar surface area (TPSA) is 35.5 Å². The lowest BCUT2D eigenvalue weighted by Gasteiger charge is -2.12. The van der Waals surface area contributed by atoms with Crippen LogP contribution in [-0.4, -0.2) is 13.4 Å². The second-order valence-corrected chi connectivity index (χ2v) is 4.89. The molecule has 0 heterocycles. The van der Waals surface area contributed by atoms with Gasteiger partial charge in [-0.3, -0.25) is 4.79 Å². The summed E-state index contributed by atoms with van der Waals surface area (Å²) < 4.78 is 24.3. The van der Waals surface area contributed by atoms with Crippen LogP contribution in [0, 0.1) is 5.82 Å². The van der Waals surface area contributed by atoms with Gasteiger partial charge in [0.15, 0.2) is 17.8 Å². The van der Waals surface area contributed by atoms with Crippen molar-refractivity contribution in [3.63, 3.8) is 0 Å². The minimum absolute atomic E-state index is 0.208. The number of ether oxygens (including phenoxy) is 2. The summed E-state index contributed by atoms with van der Waals surface area (Å²) in [5, 5.41) is 0. The van der Waals surface area contributed by atoms with Crippen LogP contribution in [0.1, 0.15) is 15.9 Å². The Kier molecular flexibility index (Phi) is 4.74. The van der Waals surface area contributed by atoms with E-state index in [4.69, 9.17) is 9.47 Å². The van der Waals surface area contributed by atoms with E-state index in [0.717, 1.165) is 5.56 Å². The molecule has 0 aliphatic heterocycles. The highest BCUT2D eigenvalue weighted by molar-refractivity contribution is 9.10. The lowest BCUT2D eigenvalue weighted by Crippen LogP contribution is -2.01. The Bertz CT molecular complexity index is 629. The average molecular weight is 339 g/mol. The molecule has 0 aliphatic carbocycles. The monoisotopic (exact) mass is 338 g/mol. The van der Waals surface area contributed by atoms with Crippen molar-refractivity contribution >= 4 is 22.2 Å². The van der Waals surface area contributed by atoms with Crippen molar-refractivity contribution < 1.29 is 18.7 Å². The smallest absolute Gasteiger partial charge is 0.172 e. The second-order valence-electron chi connectivity index (χ2n) is 4.03. The van der Waals surface area contributed by atoms with Crippen LogP contribution in [0.4, 0.5) is 4.39 Å². The van der Waals surface area contributed by atoms with Gasteiger partial charge in [0.1, 0.15) is 12.4 Å². The van der Waals surface area contributed by atoms with Gasteiger partial charge >= 0.3 is 0 Å². The number of benzene rings is 2. The van der Waals surface area contributed by atoms with Crippen molar-refractivity contribution in [3.8, 4) is 11.5 Å². The van der Waals surface area contributed by atoms with Gasteiger partial charge in [-0.25, -0.2) is 4.39 Å². The first-order chi connectivity index (χ1) is 9.65. The van der Waals surface area contributed by atoms with E-state index in [1.54, 1.807) is 30.3 Å². The van der Waals surface area contributed by atoms with Gasteiger partial charge in [0, 0.05) is 0 Å². The zero-order chi connectivity index (χ0) is 14.5. The van der Waals surface area contributed by atoms with E-state index < -0.39 is 0 Å². The number of carbonyl (C=O) groups is 1. The predicted molar refractivity (Wildman–Crippen MR) is 76.8 cm³/mol. The summed E-state index contributed by atoms with van der Waals surface area (Å²) in [5.74, 6) is 0.529. The van der Waals surface area contributed by atoms with Crippen LogP contribution in [0.15, 0.2) is 40.9 Å². The molecule has 0 saturated carbocycles. The first-order valence-corrected chi connectivity index (χ1v) is 6.64. The summed E-state index contributed by atoms with van der Waals surface area (Å²) in [5.41, 5.74) is 1.19. The number of aldehydes is 1. The molecule has 0 bridgehead atoms. The Labute approximate surface area is 124 Å². The molecule has 3 nitrogen and oxygen atoms in total. The van der Waals surface area contributed by atoms with Crippen molar-refractivity contribution in [2.75, 3.05) is 7.11 Å². The molecule has 2 aromatic rings.